The average molecular weight is 390 g/mol. The molecule has 1 heterocycles. The maximum Gasteiger partial charge on any atom is 0.251 e. The summed E-state index contributed by atoms with van der Waals surface area (Å²) in [5.41, 5.74) is 13.9. The molecule has 0 atom stereocenters. The number of nitrogens with two attached hydrogens (primary N) is 1. The summed E-state index contributed by atoms with van der Waals surface area (Å²) in [6.07, 6.45) is 0.815. The molecule has 1 amide bonds. The summed E-state index contributed by atoms with van der Waals surface area (Å²) in [4.78, 5) is 14.7. The Morgan fingerprint density at radius 1 is 1.17 bits per heavy atom. The van der Waals surface area contributed by atoms with E-state index in [1.54, 1.807) is 0 Å². The number of benzene rings is 2. The van der Waals surface area contributed by atoms with Crippen LogP contribution in [-0.4, -0.2) is 47.2 Å². The molecule has 0 aliphatic heterocycles. The molecule has 0 fully saturated rings. The Morgan fingerprint density at radius 3 is 2.66 bits per heavy atom. The fraction of sp³-hybridized carbons (Fsp3) is 0.304. The van der Waals surface area contributed by atoms with Gasteiger partial charge in [0.2, 0.25) is 0 Å². The minimum atomic E-state index is -0.0427. The van der Waals surface area contributed by atoms with Crippen LogP contribution in [0.25, 0.3) is 22.5 Å². The van der Waals surface area contributed by atoms with Crippen LogP contribution in [0.3, 0.4) is 0 Å². The number of anilines is 1. The fourth-order valence-corrected chi connectivity index (χ4v) is 3.94. The summed E-state index contributed by atoms with van der Waals surface area (Å²) < 4.78 is 0. The zero-order valence-corrected chi connectivity index (χ0v) is 17.0. The Bertz CT molecular complexity index is 1020. The SMILES string of the molecule is CCN(CC)CCNC(=O)c1ccc(-c2n[nH]c3c2Cc2cc(N)ccc2-3)cc1. The number of fused-ring (bicyclic) bond motifs is 3. The second-order valence-corrected chi connectivity index (χ2v) is 7.38. The van der Waals surface area contributed by atoms with E-state index in [-0.39, 0.29) is 5.91 Å². The molecule has 29 heavy (non-hydrogen) atoms. The summed E-state index contributed by atoms with van der Waals surface area (Å²) in [5, 5.41) is 10.7. The van der Waals surface area contributed by atoms with Crippen molar-refractivity contribution >= 4 is 11.6 Å². The van der Waals surface area contributed by atoms with Crippen molar-refractivity contribution in [3.8, 4) is 22.5 Å². The van der Waals surface area contributed by atoms with Crippen molar-refractivity contribution in [3.63, 3.8) is 0 Å². The number of hydrogen-bond donors (Lipinski definition) is 3. The molecule has 0 spiro atoms. The molecule has 0 radical (unpaired) electrons. The third-order valence-corrected chi connectivity index (χ3v) is 5.66. The van der Waals surface area contributed by atoms with Crippen molar-refractivity contribution in [3.05, 3.63) is 59.2 Å². The third-order valence-electron chi connectivity index (χ3n) is 5.66. The fourth-order valence-electron chi connectivity index (χ4n) is 3.94. The molecular formula is C23H27N5O. The highest BCUT2D eigenvalue weighted by molar-refractivity contribution is 5.94. The quantitative estimate of drug-likeness (QED) is 0.423. The zero-order valence-electron chi connectivity index (χ0n) is 17.0. The topological polar surface area (TPSA) is 87.0 Å². The van der Waals surface area contributed by atoms with Crippen molar-refractivity contribution < 1.29 is 4.79 Å². The van der Waals surface area contributed by atoms with Gasteiger partial charge in [-0.2, -0.15) is 5.10 Å². The van der Waals surface area contributed by atoms with E-state index in [0.717, 1.165) is 54.3 Å². The van der Waals surface area contributed by atoms with Gasteiger partial charge in [0.15, 0.2) is 0 Å². The van der Waals surface area contributed by atoms with Gasteiger partial charge in [-0.3, -0.25) is 9.89 Å². The molecule has 2 aromatic carbocycles. The van der Waals surface area contributed by atoms with Crippen molar-refractivity contribution in [2.24, 2.45) is 0 Å². The first kappa shape index (κ1) is 19.2. The van der Waals surface area contributed by atoms with Gasteiger partial charge in [-0.15, -0.1) is 0 Å². The lowest BCUT2D eigenvalue weighted by molar-refractivity contribution is 0.0949. The molecule has 150 valence electrons. The van der Waals surface area contributed by atoms with Gasteiger partial charge >= 0.3 is 0 Å². The van der Waals surface area contributed by atoms with Crippen LogP contribution in [0.1, 0.15) is 35.3 Å². The van der Waals surface area contributed by atoms with E-state index < -0.39 is 0 Å². The first-order valence-corrected chi connectivity index (χ1v) is 10.2. The summed E-state index contributed by atoms with van der Waals surface area (Å²) in [5.74, 6) is -0.0427. The van der Waals surface area contributed by atoms with E-state index in [1.807, 2.05) is 42.5 Å². The van der Waals surface area contributed by atoms with Gasteiger partial charge in [-0.1, -0.05) is 32.0 Å². The minimum Gasteiger partial charge on any atom is -0.399 e. The van der Waals surface area contributed by atoms with Gasteiger partial charge in [-0.25, -0.2) is 0 Å². The van der Waals surface area contributed by atoms with Crippen LogP contribution >= 0.6 is 0 Å². The van der Waals surface area contributed by atoms with E-state index in [4.69, 9.17) is 5.73 Å². The molecule has 1 aromatic heterocycles. The molecule has 6 heteroatoms. The van der Waals surface area contributed by atoms with Crippen LogP contribution in [0.4, 0.5) is 5.69 Å². The number of nitrogen functional groups attached to an aromatic ring is 1. The molecule has 0 bridgehead atoms. The highest BCUT2D eigenvalue weighted by Crippen LogP contribution is 2.40. The van der Waals surface area contributed by atoms with E-state index >= 15 is 0 Å². The normalized spacial score (nSPS) is 12.1. The Morgan fingerprint density at radius 2 is 1.93 bits per heavy atom. The summed E-state index contributed by atoms with van der Waals surface area (Å²) >= 11 is 0. The summed E-state index contributed by atoms with van der Waals surface area (Å²) in [6, 6.07) is 13.7. The van der Waals surface area contributed by atoms with Crippen LogP contribution in [0.15, 0.2) is 42.5 Å². The first-order valence-electron chi connectivity index (χ1n) is 10.2. The number of rotatable bonds is 7. The Balaban J connectivity index is 1.46. The van der Waals surface area contributed by atoms with Gasteiger partial charge in [-0.05, 0) is 42.9 Å². The Kier molecular flexibility index (Phi) is 5.36. The van der Waals surface area contributed by atoms with E-state index in [9.17, 15) is 4.79 Å². The van der Waals surface area contributed by atoms with Gasteiger partial charge in [0.1, 0.15) is 0 Å². The van der Waals surface area contributed by atoms with Gasteiger partial charge in [0.25, 0.3) is 5.91 Å². The standard InChI is InChI=1S/C23H27N5O/c1-3-28(4-2)12-11-25-23(29)16-7-5-15(6-8-16)21-20-14-17-13-18(24)9-10-19(17)22(20)27-26-21/h5-10,13H,3-4,11-12,14,24H2,1-2H3,(H,25,29)(H,26,27). The lowest BCUT2D eigenvalue weighted by Crippen LogP contribution is -2.34. The number of hydrogen-bond acceptors (Lipinski definition) is 4. The second-order valence-electron chi connectivity index (χ2n) is 7.38. The van der Waals surface area contributed by atoms with Crippen LogP contribution in [0, 0.1) is 0 Å². The molecule has 1 aliphatic carbocycles. The molecule has 0 saturated carbocycles. The van der Waals surface area contributed by atoms with Gasteiger partial charge < -0.3 is 16.0 Å². The number of aromatic amines is 1. The monoisotopic (exact) mass is 389 g/mol. The summed E-state index contributed by atoms with van der Waals surface area (Å²) in [6.45, 7) is 7.75. The number of likely N-dealkylation sites (N-methyl/N-ethyl adjacent to an activating group) is 1. The van der Waals surface area contributed by atoms with Crippen molar-refractivity contribution in [1.29, 1.82) is 0 Å². The predicted octanol–water partition coefficient (Wildman–Crippen LogP) is 3.30. The lowest BCUT2D eigenvalue weighted by Gasteiger charge is -2.17. The van der Waals surface area contributed by atoms with Gasteiger partial charge in [0, 0.05) is 47.5 Å². The van der Waals surface area contributed by atoms with E-state index in [2.05, 4.69) is 34.3 Å². The van der Waals surface area contributed by atoms with Gasteiger partial charge in [0.05, 0.1) is 11.4 Å². The molecule has 6 nitrogen and oxygen atoms in total. The van der Waals surface area contributed by atoms with Crippen molar-refractivity contribution in [1.82, 2.24) is 20.4 Å². The van der Waals surface area contributed by atoms with Crippen LogP contribution < -0.4 is 11.1 Å². The maximum atomic E-state index is 12.4. The number of aromatic nitrogens is 2. The number of nitrogens with one attached hydrogen (secondary N) is 2. The number of carbonyl (C=O) groups is 1. The highest BCUT2D eigenvalue weighted by Gasteiger charge is 2.25. The zero-order chi connectivity index (χ0) is 20.4. The minimum absolute atomic E-state index is 0.0427. The van der Waals surface area contributed by atoms with E-state index in [1.165, 1.54) is 11.1 Å². The second kappa shape index (κ2) is 8.09. The molecule has 0 saturated heterocycles. The third kappa shape index (κ3) is 3.76. The first-order chi connectivity index (χ1) is 14.1. The number of carbonyl (C=O) groups excluding carboxylic acids is 1. The molecule has 4 rings (SSSR count). The highest BCUT2D eigenvalue weighted by atomic mass is 16.1. The summed E-state index contributed by atoms with van der Waals surface area (Å²) in [7, 11) is 0. The largest absolute Gasteiger partial charge is 0.399 e. The number of amides is 1. The van der Waals surface area contributed by atoms with Crippen LogP contribution in [0.5, 0.6) is 0 Å². The Hall–Kier alpha value is -3.12. The molecule has 3 aromatic rings. The average Bonchev–Trinajstić information content (AvgIpc) is 3.30. The van der Waals surface area contributed by atoms with Crippen LogP contribution in [0.2, 0.25) is 0 Å². The molecule has 1 aliphatic rings. The maximum absolute atomic E-state index is 12.4. The number of H-pyrrole nitrogens is 1. The van der Waals surface area contributed by atoms with Crippen LogP contribution in [-0.2, 0) is 6.42 Å². The molecular weight excluding hydrogens is 362 g/mol. The van der Waals surface area contributed by atoms with E-state index in [0.29, 0.717) is 12.1 Å². The Labute approximate surface area is 171 Å². The smallest absolute Gasteiger partial charge is 0.251 e. The van der Waals surface area contributed by atoms with Crippen molar-refractivity contribution in [2.45, 2.75) is 20.3 Å². The number of nitrogens with zero attached hydrogens (tertiary/aromatic N) is 2. The molecule has 0 unspecified atom stereocenters. The predicted molar refractivity (Wildman–Crippen MR) is 117 cm³/mol. The molecule has 4 N–H and O–H groups in total. The lowest BCUT2D eigenvalue weighted by atomic mass is 10.0. The van der Waals surface area contributed by atoms with Crippen molar-refractivity contribution in [2.75, 3.05) is 31.9 Å².